The zero-order chi connectivity index (χ0) is 22.8. The summed E-state index contributed by atoms with van der Waals surface area (Å²) < 4.78 is 44.2. The van der Waals surface area contributed by atoms with Gasteiger partial charge in [0.1, 0.15) is 0 Å². The molecular formula is C22H21F3N2O4S. The molecule has 0 unspecified atom stereocenters. The molecule has 0 atom stereocenters. The number of allylic oxidation sites excluding steroid dienone is 1. The summed E-state index contributed by atoms with van der Waals surface area (Å²) in [5, 5.41) is 12.8. The number of fused-ring (bicyclic) bond motifs is 2. The average molecular weight is 466 g/mol. The van der Waals surface area contributed by atoms with Crippen molar-refractivity contribution in [2.75, 3.05) is 0 Å². The maximum absolute atomic E-state index is 13.4. The van der Waals surface area contributed by atoms with Gasteiger partial charge in [-0.2, -0.15) is 18.2 Å². The Kier molecular flexibility index (Phi) is 5.03. The summed E-state index contributed by atoms with van der Waals surface area (Å²) in [6, 6.07) is 0. The number of hydrogen-bond acceptors (Lipinski definition) is 6. The predicted octanol–water partition coefficient (Wildman–Crippen LogP) is 5.32. The largest absolute Gasteiger partial charge is 0.478 e. The smallest absolute Gasteiger partial charge is 0.455 e. The zero-order valence-corrected chi connectivity index (χ0v) is 18.1. The van der Waals surface area contributed by atoms with Crippen LogP contribution in [0.15, 0.2) is 15.7 Å². The van der Waals surface area contributed by atoms with Crippen molar-refractivity contribution in [1.29, 1.82) is 0 Å². The highest BCUT2D eigenvalue weighted by atomic mass is 32.1. The lowest BCUT2D eigenvalue weighted by Gasteiger charge is -2.38. The lowest BCUT2D eigenvalue weighted by atomic mass is 9.65. The van der Waals surface area contributed by atoms with Crippen LogP contribution in [0.4, 0.5) is 13.2 Å². The molecule has 0 saturated heterocycles. The minimum absolute atomic E-state index is 0.0637. The van der Waals surface area contributed by atoms with Crippen molar-refractivity contribution in [3.05, 3.63) is 32.3 Å². The third kappa shape index (κ3) is 3.58. The zero-order valence-electron chi connectivity index (χ0n) is 17.3. The monoisotopic (exact) mass is 466 g/mol. The Morgan fingerprint density at radius 3 is 2.19 bits per heavy atom. The molecule has 4 aliphatic carbocycles. The fraction of sp³-hybridized carbons (Fsp3) is 0.545. The molecule has 6 rings (SSSR count). The highest BCUT2D eigenvalue weighted by Gasteiger charge is 2.42. The number of carbonyl (C=O) groups excluding carboxylic acids is 1. The van der Waals surface area contributed by atoms with Crippen molar-refractivity contribution in [2.24, 2.45) is 11.8 Å². The van der Waals surface area contributed by atoms with Gasteiger partial charge < -0.3 is 9.63 Å². The first-order valence-electron chi connectivity index (χ1n) is 10.7. The third-order valence-corrected chi connectivity index (χ3v) is 7.89. The lowest BCUT2D eigenvalue weighted by molar-refractivity contribution is -0.146. The number of thiophene rings is 1. The van der Waals surface area contributed by atoms with Crippen molar-refractivity contribution in [3.8, 4) is 11.5 Å². The van der Waals surface area contributed by atoms with Gasteiger partial charge in [0.2, 0.25) is 0 Å². The van der Waals surface area contributed by atoms with Gasteiger partial charge in [0.25, 0.3) is 11.7 Å². The van der Waals surface area contributed by atoms with E-state index < -0.39 is 18.0 Å². The maximum Gasteiger partial charge on any atom is 0.455 e. The van der Waals surface area contributed by atoms with E-state index in [4.69, 9.17) is 4.52 Å². The highest BCUT2D eigenvalue weighted by molar-refractivity contribution is 7.12. The summed E-state index contributed by atoms with van der Waals surface area (Å²) in [5.74, 6) is -2.86. The van der Waals surface area contributed by atoms with Crippen molar-refractivity contribution in [2.45, 2.75) is 64.0 Å². The quantitative estimate of drug-likeness (QED) is 0.620. The number of halogens is 3. The van der Waals surface area contributed by atoms with E-state index in [1.807, 2.05) is 6.92 Å². The molecule has 4 aliphatic rings. The first-order chi connectivity index (χ1) is 15.1. The summed E-state index contributed by atoms with van der Waals surface area (Å²) in [4.78, 5) is 30.3. The van der Waals surface area contributed by atoms with Crippen LogP contribution in [0.5, 0.6) is 0 Å². The van der Waals surface area contributed by atoms with Crippen LogP contribution in [0.2, 0.25) is 0 Å². The van der Waals surface area contributed by atoms with Crippen LogP contribution in [0.1, 0.15) is 65.6 Å². The second-order valence-corrected chi connectivity index (χ2v) is 10.2. The molecule has 170 valence electrons. The summed E-state index contributed by atoms with van der Waals surface area (Å²) in [6.45, 7) is 1.88. The Morgan fingerprint density at radius 1 is 1.06 bits per heavy atom. The summed E-state index contributed by atoms with van der Waals surface area (Å²) in [6.07, 6.45) is 0.167. The Hall–Kier alpha value is -2.49. The van der Waals surface area contributed by atoms with Gasteiger partial charge in [-0.15, -0.1) is 11.3 Å². The van der Waals surface area contributed by atoms with Crippen molar-refractivity contribution in [3.63, 3.8) is 0 Å². The first-order valence-corrected chi connectivity index (χ1v) is 11.5. The molecular weight excluding hydrogens is 445 g/mol. The second kappa shape index (κ2) is 7.54. The van der Waals surface area contributed by atoms with Gasteiger partial charge in [-0.3, -0.25) is 4.79 Å². The molecule has 32 heavy (non-hydrogen) atoms. The van der Waals surface area contributed by atoms with Gasteiger partial charge in [-0.25, -0.2) is 4.79 Å². The Labute approximate surface area is 185 Å². The number of Topliss-reactive ketones (excluding diaryl/α,β-unsaturated/α-hetero) is 1. The number of aromatic nitrogens is 2. The molecule has 2 aromatic heterocycles. The van der Waals surface area contributed by atoms with Crippen molar-refractivity contribution < 1.29 is 32.4 Å². The number of carboxylic acid groups (broad SMARTS) is 1. The molecule has 0 aromatic carbocycles. The fourth-order valence-electron chi connectivity index (χ4n) is 5.30. The minimum atomic E-state index is -4.73. The molecule has 0 spiro atoms. The summed E-state index contributed by atoms with van der Waals surface area (Å²) >= 11 is 1.34. The number of aryl methyl sites for hydroxylation is 1. The van der Waals surface area contributed by atoms with Gasteiger partial charge in [-0.1, -0.05) is 5.16 Å². The number of carbonyl (C=O) groups is 2. The molecule has 10 heteroatoms. The Bertz CT molecular complexity index is 1130. The summed E-state index contributed by atoms with van der Waals surface area (Å²) in [7, 11) is 0. The lowest BCUT2D eigenvalue weighted by Crippen LogP contribution is -2.34. The van der Waals surface area contributed by atoms with Crippen LogP contribution in [-0.2, 0) is 22.2 Å². The number of rotatable bonds is 6. The molecule has 2 aromatic rings. The molecule has 0 amide bonds. The van der Waals surface area contributed by atoms with Gasteiger partial charge >= 0.3 is 12.1 Å². The second-order valence-electron chi connectivity index (χ2n) is 8.85. The average Bonchev–Trinajstić information content (AvgIpc) is 3.34. The normalized spacial score (nSPS) is 23.1. The number of aliphatic carboxylic acids is 1. The van der Waals surface area contributed by atoms with E-state index >= 15 is 0 Å². The van der Waals surface area contributed by atoms with Gasteiger partial charge in [-0.05, 0) is 68.8 Å². The molecule has 2 heterocycles. The van der Waals surface area contributed by atoms with Crippen LogP contribution in [0.25, 0.3) is 11.5 Å². The van der Waals surface area contributed by atoms with E-state index in [1.54, 1.807) is 0 Å². The molecule has 2 fully saturated rings. The van der Waals surface area contributed by atoms with Gasteiger partial charge in [0.05, 0.1) is 5.56 Å². The van der Waals surface area contributed by atoms with Crippen molar-refractivity contribution >= 4 is 23.1 Å². The predicted molar refractivity (Wildman–Crippen MR) is 108 cm³/mol. The van der Waals surface area contributed by atoms with Gasteiger partial charge in [0.15, 0.2) is 5.78 Å². The van der Waals surface area contributed by atoms with Crippen LogP contribution in [-0.4, -0.2) is 27.0 Å². The van der Waals surface area contributed by atoms with E-state index in [1.165, 1.54) is 11.3 Å². The molecule has 1 N–H and O–H groups in total. The number of hydrogen-bond donors (Lipinski definition) is 1. The van der Waals surface area contributed by atoms with Crippen LogP contribution in [0, 0.1) is 18.8 Å². The minimum Gasteiger partial charge on any atom is -0.478 e. The van der Waals surface area contributed by atoms with E-state index in [-0.39, 0.29) is 41.4 Å². The Balaban J connectivity index is 1.55. The summed E-state index contributed by atoms with van der Waals surface area (Å²) in [5.41, 5.74) is 1.91. The first kappa shape index (κ1) is 21.4. The number of alkyl halides is 3. The molecule has 0 aliphatic heterocycles. The number of ketones is 1. The molecule has 2 saturated carbocycles. The Morgan fingerprint density at radius 2 is 1.66 bits per heavy atom. The highest BCUT2D eigenvalue weighted by Crippen LogP contribution is 2.51. The third-order valence-electron chi connectivity index (χ3n) is 6.77. The van der Waals surface area contributed by atoms with Crippen molar-refractivity contribution in [1.82, 2.24) is 10.1 Å². The van der Waals surface area contributed by atoms with E-state index in [0.717, 1.165) is 49.0 Å². The molecule has 2 bridgehead atoms. The van der Waals surface area contributed by atoms with Crippen LogP contribution in [0.3, 0.4) is 0 Å². The van der Waals surface area contributed by atoms with E-state index in [2.05, 4.69) is 10.1 Å². The SMILES string of the molecule is Cc1sc(CC(=O)C2=C(C(=O)O)C3CCC2CC3)c(-c2nc(C(F)(F)F)no2)c1C1CC1. The van der Waals surface area contributed by atoms with Gasteiger partial charge in [0, 0.05) is 27.3 Å². The topological polar surface area (TPSA) is 93.3 Å². The molecule has 6 nitrogen and oxygen atoms in total. The fourth-order valence-corrected chi connectivity index (χ4v) is 6.55. The van der Waals surface area contributed by atoms with Crippen LogP contribution < -0.4 is 0 Å². The van der Waals surface area contributed by atoms with Crippen LogP contribution >= 0.6 is 11.3 Å². The maximum atomic E-state index is 13.4. The van der Waals surface area contributed by atoms with E-state index in [9.17, 15) is 27.9 Å². The molecule has 0 radical (unpaired) electrons. The van der Waals surface area contributed by atoms with E-state index in [0.29, 0.717) is 16.0 Å². The number of carboxylic acids is 1. The standard InChI is InChI=1S/C22H21F3N2O4S/c1-9-15(10-2-3-10)18(19-26-21(27-31-19)22(23,24)25)14(32-9)8-13(28)16-11-4-6-12(7-5-11)17(16)20(29)30/h10-12H,2-8H2,1H3,(H,29,30). The number of nitrogens with zero attached hydrogens (tertiary/aromatic N) is 2.